The molecule has 1 saturated heterocycles. The van der Waals surface area contributed by atoms with Gasteiger partial charge in [0, 0.05) is 10.9 Å². The van der Waals surface area contributed by atoms with Crippen molar-refractivity contribution in [1.82, 2.24) is 10.2 Å². The van der Waals surface area contributed by atoms with Gasteiger partial charge in [0.15, 0.2) is 0 Å². The summed E-state index contributed by atoms with van der Waals surface area (Å²) in [7, 11) is 0. The maximum Gasteiger partial charge on any atom is 0.241 e. The van der Waals surface area contributed by atoms with Crippen LogP contribution in [0.1, 0.15) is 57.5 Å². The van der Waals surface area contributed by atoms with Crippen LogP contribution in [0.2, 0.25) is 0 Å². The van der Waals surface area contributed by atoms with Gasteiger partial charge in [-0.1, -0.05) is 39.7 Å². The van der Waals surface area contributed by atoms with Gasteiger partial charge in [-0.2, -0.15) is 0 Å². The van der Waals surface area contributed by atoms with Gasteiger partial charge >= 0.3 is 0 Å². The van der Waals surface area contributed by atoms with Gasteiger partial charge in [0.2, 0.25) is 5.91 Å². The van der Waals surface area contributed by atoms with Gasteiger partial charge in [-0.05, 0) is 36.1 Å². The number of nitrogens with zero attached hydrogens (tertiary/aromatic N) is 1. The van der Waals surface area contributed by atoms with Gasteiger partial charge in [0.1, 0.15) is 6.17 Å². The standard InChI is InChI=1S/C17H26N2OS/c1-11(2)15-17(20)19(13-7-4-6-12(3)10-13)16(18-15)14-8-5-9-21-14/h5,8-9,11-13,15-16,18H,4,6-7,10H2,1-3H3. The first-order chi connectivity index (χ1) is 10.1. The van der Waals surface area contributed by atoms with E-state index in [1.54, 1.807) is 11.3 Å². The first kappa shape index (κ1) is 15.0. The molecule has 1 aliphatic heterocycles. The SMILES string of the molecule is CC1CCCC(N2C(=O)C(C(C)C)NC2c2cccs2)C1. The van der Waals surface area contributed by atoms with Crippen molar-refractivity contribution in [3.63, 3.8) is 0 Å². The third kappa shape index (κ3) is 2.88. The molecule has 3 rings (SSSR count). The zero-order valence-electron chi connectivity index (χ0n) is 13.2. The van der Waals surface area contributed by atoms with Crippen LogP contribution < -0.4 is 5.32 Å². The predicted molar refractivity (Wildman–Crippen MR) is 87.1 cm³/mol. The summed E-state index contributed by atoms with van der Waals surface area (Å²) in [6.07, 6.45) is 4.95. The molecule has 0 spiro atoms. The molecule has 116 valence electrons. The van der Waals surface area contributed by atoms with E-state index in [0.29, 0.717) is 17.9 Å². The van der Waals surface area contributed by atoms with Crippen LogP contribution in [-0.4, -0.2) is 22.9 Å². The summed E-state index contributed by atoms with van der Waals surface area (Å²) in [5, 5.41) is 5.69. The molecule has 0 aromatic carbocycles. The van der Waals surface area contributed by atoms with Crippen LogP contribution in [0.5, 0.6) is 0 Å². The molecule has 0 bridgehead atoms. The maximum atomic E-state index is 12.9. The highest BCUT2D eigenvalue weighted by Crippen LogP contribution is 2.37. The van der Waals surface area contributed by atoms with E-state index in [1.807, 2.05) is 0 Å². The summed E-state index contributed by atoms with van der Waals surface area (Å²) >= 11 is 1.75. The van der Waals surface area contributed by atoms with Crippen molar-refractivity contribution in [3.8, 4) is 0 Å². The lowest BCUT2D eigenvalue weighted by molar-refractivity contribution is -0.134. The van der Waals surface area contributed by atoms with Crippen molar-refractivity contribution in [3.05, 3.63) is 22.4 Å². The Hall–Kier alpha value is -0.870. The second kappa shape index (κ2) is 6.09. The second-order valence-corrected chi connectivity index (χ2v) is 7.96. The molecule has 1 aliphatic carbocycles. The molecule has 1 saturated carbocycles. The minimum Gasteiger partial charge on any atom is -0.318 e. The molecule has 4 atom stereocenters. The van der Waals surface area contributed by atoms with Gasteiger partial charge in [-0.25, -0.2) is 0 Å². The average molecular weight is 306 g/mol. The first-order valence-corrected chi connectivity index (χ1v) is 9.07. The number of amides is 1. The quantitative estimate of drug-likeness (QED) is 0.921. The van der Waals surface area contributed by atoms with Crippen LogP contribution >= 0.6 is 11.3 Å². The summed E-state index contributed by atoms with van der Waals surface area (Å²) in [5.41, 5.74) is 0. The van der Waals surface area contributed by atoms with Crippen LogP contribution in [0.3, 0.4) is 0 Å². The van der Waals surface area contributed by atoms with E-state index in [0.717, 1.165) is 18.8 Å². The van der Waals surface area contributed by atoms with Crippen molar-refractivity contribution >= 4 is 17.2 Å². The number of nitrogens with one attached hydrogen (secondary N) is 1. The van der Waals surface area contributed by atoms with E-state index >= 15 is 0 Å². The third-order valence-electron chi connectivity index (χ3n) is 4.92. The summed E-state index contributed by atoms with van der Waals surface area (Å²) in [6, 6.07) is 4.60. The lowest BCUT2D eigenvalue weighted by Crippen LogP contribution is -2.42. The Labute approximate surface area is 131 Å². The third-order valence-corrected chi connectivity index (χ3v) is 5.84. The van der Waals surface area contributed by atoms with Gasteiger partial charge < -0.3 is 4.90 Å². The topological polar surface area (TPSA) is 32.3 Å². The number of hydrogen-bond donors (Lipinski definition) is 1. The van der Waals surface area contributed by atoms with Crippen molar-refractivity contribution in [1.29, 1.82) is 0 Å². The second-order valence-electron chi connectivity index (χ2n) is 6.98. The Morgan fingerprint density at radius 2 is 2.19 bits per heavy atom. The highest BCUT2D eigenvalue weighted by molar-refractivity contribution is 7.10. The van der Waals surface area contributed by atoms with Crippen LogP contribution in [0.25, 0.3) is 0 Å². The zero-order valence-corrected chi connectivity index (χ0v) is 14.0. The molecule has 2 fully saturated rings. The number of carbonyl (C=O) groups is 1. The fourth-order valence-corrected chi connectivity index (χ4v) is 4.58. The Bertz CT molecular complexity index is 485. The van der Waals surface area contributed by atoms with E-state index in [2.05, 4.69) is 48.5 Å². The molecule has 2 aliphatic rings. The number of hydrogen-bond acceptors (Lipinski definition) is 3. The molecule has 4 heteroatoms. The summed E-state index contributed by atoms with van der Waals surface area (Å²) in [6.45, 7) is 6.59. The number of rotatable bonds is 3. The minimum atomic E-state index is -0.0330. The molecular weight excluding hydrogens is 280 g/mol. The molecular formula is C17H26N2OS. The molecule has 1 N–H and O–H groups in total. The van der Waals surface area contributed by atoms with Crippen LogP contribution in [0.15, 0.2) is 17.5 Å². The summed E-state index contributed by atoms with van der Waals surface area (Å²) < 4.78 is 0. The maximum absolute atomic E-state index is 12.9. The Balaban J connectivity index is 1.87. The monoisotopic (exact) mass is 306 g/mol. The van der Waals surface area contributed by atoms with E-state index in [-0.39, 0.29) is 12.2 Å². The van der Waals surface area contributed by atoms with Gasteiger partial charge in [-0.3, -0.25) is 10.1 Å². The van der Waals surface area contributed by atoms with Crippen molar-refractivity contribution in [2.24, 2.45) is 11.8 Å². The largest absolute Gasteiger partial charge is 0.318 e. The van der Waals surface area contributed by atoms with Crippen molar-refractivity contribution < 1.29 is 4.79 Å². The van der Waals surface area contributed by atoms with Gasteiger partial charge in [-0.15, -0.1) is 11.3 Å². The highest BCUT2D eigenvalue weighted by atomic mass is 32.1. The van der Waals surface area contributed by atoms with Crippen LogP contribution in [0, 0.1) is 11.8 Å². The first-order valence-electron chi connectivity index (χ1n) is 8.19. The van der Waals surface area contributed by atoms with E-state index in [1.165, 1.54) is 17.7 Å². The van der Waals surface area contributed by atoms with E-state index < -0.39 is 0 Å². The highest BCUT2D eigenvalue weighted by Gasteiger charge is 2.45. The van der Waals surface area contributed by atoms with Crippen LogP contribution in [-0.2, 0) is 4.79 Å². The number of thiophene rings is 1. The summed E-state index contributed by atoms with van der Waals surface area (Å²) in [4.78, 5) is 16.4. The predicted octanol–water partition coefficient (Wildman–Crippen LogP) is 3.78. The van der Waals surface area contributed by atoms with Crippen LogP contribution in [0.4, 0.5) is 0 Å². The van der Waals surface area contributed by atoms with Gasteiger partial charge in [0.05, 0.1) is 6.04 Å². The molecule has 0 radical (unpaired) electrons. The summed E-state index contributed by atoms with van der Waals surface area (Å²) in [5.74, 6) is 1.38. The average Bonchev–Trinajstić information content (AvgIpc) is 3.05. The van der Waals surface area contributed by atoms with E-state index in [4.69, 9.17) is 0 Å². The minimum absolute atomic E-state index is 0.0330. The molecule has 1 amide bonds. The lowest BCUT2D eigenvalue weighted by atomic mass is 9.86. The Morgan fingerprint density at radius 1 is 1.38 bits per heavy atom. The molecule has 4 unspecified atom stereocenters. The molecule has 2 heterocycles. The molecule has 21 heavy (non-hydrogen) atoms. The molecule has 3 nitrogen and oxygen atoms in total. The van der Waals surface area contributed by atoms with E-state index in [9.17, 15) is 4.79 Å². The fourth-order valence-electron chi connectivity index (χ4n) is 3.80. The fraction of sp³-hybridized carbons (Fsp3) is 0.706. The number of carbonyl (C=O) groups excluding carboxylic acids is 1. The van der Waals surface area contributed by atoms with Gasteiger partial charge in [0.25, 0.3) is 0 Å². The lowest BCUT2D eigenvalue weighted by Gasteiger charge is -2.37. The smallest absolute Gasteiger partial charge is 0.241 e. The molecule has 1 aromatic heterocycles. The zero-order chi connectivity index (χ0) is 15.0. The van der Waals surface area contributed by atoms with Crippen molar-refractivity contribution in [2.75, 3.05) is 0 Å². The van der Waals surface area contributed by atoms with Crippen molar-refractivity contribution in [2.45, 2.75) is 64.7 Å². The Kier molecular flexibility index (Phi) is 4.36. The normalized spacial score (nSPS) is 33.9. The molecule has 1 aromatic rings. The Morgan fingerprint density at radius 3 is 2.81 bits per heavy atom.